The Morgan fingerprint density at radius 2 is 1.97 bits per heavy atom. The van der Waals surface area contributed by atoms with E-state index in [-0.39, 0.29) is 17.9 Å². The number of ether oxygens (including phenoxy) is 1. The number of rotatable bonds is 5. The smallest absolute Gasteiger partial charge is 0.267 e. The van der Waals surface area contributed by atoms with Crippen molar-refractivity contribution in [3.63, 3.8) is 0 Å². The van der Waals surface area contributed by atoms with Gasteiger partial charge in [0.25, 0.3) is 11.8 Å². The fraction of sp³-hybridized carbons (Fsp3) is 0.238. The van der Waals surface area contributed by atoms with Crippen molar-refractivity contribution >= 4 is 11.8 Å². The highest BCUT2D eigenvalue weighted by atomic mass is 16.5. The number of methoxy groups -OCH3 is 1. The van der Waals surface area contributed by atoms with Gasteiger partial charge in [0.15, 0.2) is 5.76 Å². The summed E-state index contributed by atoms with van der Waals surface area (Å²) in [6.07, 6.45) is 0.237. The second-order valence-electron chi connectivity index (χ2n) is 7.14. The summed E-state index contributed by atoms with van der Waals surface area (Å²) in [6, 6.07) is 12.0. The summed E-state index contributed by atoms with van der Waals surface area (Å²) in [5, 5.41) is 14.8. The first kappa shape index (κ1) is 19.6. The number of benzene rings is 1. The van der Waals surface area contributed by atoms with Crippen molar-refractivity contribution in [3.8, 4) is 28.3 Å². The van der Waals surface area contributed by atoms with Crippen LogP contribution >= 0.6 is 0 Å². The summed E-state index contributed by atoms with van der Waals surface area (Å²) in [7, 11) is 3.12. The van der Waals surface area contributed by atoms with Crippen LogP contribution in [0.3, 0.4) is 0 Å². The average Bonchev–Trinajstić information content (AvgIpc) is 3.36. The number of aliphatic hydroxyl groups is 1. The van der Waals surface area contributed by atoms with E-state index in [9.17, 15) is 14.7 Å². The van der Waals surface area contributed by atoms with Gasteiger partial charge in [-0.05, 0) is 6.07 Å². The fourth-order valence-electron chi connectivity index (χ4n) is 3.42. The Morgan fingerprint density at radius 1 is 1.23 bits per heavy atom. The number of hydrogen-bond acceptors (Lipinski definition) is 7. The third-order valence-corrected chi connectivity index (χ3v) is 5.17. The minimum absolute atomic E-state index is 0.0876. The fourth-order valence-corrected chi connectivity index (χ4v) is 3.42. The van der Waals surface area contributed by atoms with Crippen LogP contribution in [0.1, 0.15) is 22.7 Å². The monoisotopic (exact) mass is 408 g/mol. The number of likely N-dealkylation sites (tertiary alicyclic amines) is 1. The molecule has 0 radical (unpaired) electrons. The van der Waals surface area contributed by atoms with Crippen molar-refractivity contribution in [1.29, 1.82) is 0 Å². The van der Waals surface area contributed by atoms with Crippen LogP contribution in [0.25, 0.3) is 22.5 Å². The molecule has 0 saturated carbocycles. The van der Waals surface area contributed by atoms with E-state index >= 15 is 0 Å². The molecule has 1 saturated heterocycles. The number of amides is 2. The molecule has 0 unspecified atom stereocenters. The molecule has 154 valence electrons. The van der Waals surface area contributed by atoms with Gasteiger partial charge >= 0.3 is 0 Å². The number of carbonyl (C=O) groups excluding carboxylic acids is 2. The van der Waals surface area contributed by atoms with E-state index in [1.54, 1.807) is 31.3 Å². The van der Waals surface area contributed by atoms with E-state index in [0.29, 0.717) is 34.8 Å². The summed E-state index contributed by atoms with van der Waals surface area (Å²) < 4.78 is 10.5. The molecule has 1 atom stereocenters. The van der Waals surface area contributed by atoms with Crippen molar-refractivity contribution in [2.75, 3.05) is 20.7 Å². The minimum Gasteiger partial charge on any atom is -0.497 e. The van der Waals surface area contributed by atoms with Gasteiger partial charge in [0, 0.05) is 49.3 Å². The van der Waals surface area contributed by atoms with Crippen LogP contribution in [0.4, 0.5) is 0 Å². The third-order valence-electron chi connectivity index (χ3n) is 5.17. The van der Waals surface area contributed by atoms with Gasteiger partial charge in [0.1, 0.15) is 17.1 Å². The molecule has 0 bridgehead atoms. The van der Waals surface area contributed by atoms with Crippen molar-refractivity contribution in [2.24, 2.45) is 5.73 Å². The second kappa shape index (κ2) is 7.27. The molecule has 3 N–H and O–H groups in total. The second-order valence-corrected chi connectivity index (χ2v) is 7.14. The van der Waals surface area contributed by atoms with Gasteiger partial charge in [-0.15, -0.1) is 0 Å². The largest absolute Gasteiger partial charge is 0.497 e. The van der Waals surface area contributed by atoms with E-state index in [1.807, 2.05) is 12.1 Å². The van der Waals surface area contributed by atoms with E-state index in [2.05, 4.69) is 10.1 Å². The molecule has 1 aliphatic rings. The molecule has 0 spiro atoms. The molecular formula is C21H20N4O5. The predicted octanol–water partition coefficient (Wildman–Crippen LogP) is 1.56. The Labute approximate surface area is 172 Å². The molecule has 9 heteroatoms. The van der Waals surface area contributed by atoms with Gasteiger partial charge in [0.2, 0.25) is 5.60 Å². The van der Waals surface area contributed by atoms with Crippen LogP contribution in [0.5, 0.6) is 5.75 Å². The topological polar surface area (TPSA) is 132 Å². The number of pyridine rings is 1. The van der Waals surface area contributed by atoms with Gasteiger partial charge < -0.3 is 25.0 Å². The van der Waals surface area contributed by atoms with Crippen molar-refractivity contribution in [2.45, 2.75) is 12.0 Å². The lowest BCUT2D eigenvalue weighted by atomic mass is 9.97. The first-order valence-electron chi connectivity index (χ1n) is 9.23. The average molecular weight is 408 g/mol. The Morgan fingerprint density at radius 3 is 2.60 bits per heavy atom. The zero-order valence-electron chi connectivity index (χ0n) is 16.5. The zero-order chi connectivity index (χ0) is 21.5. The highest BCUT2D eigenvalue weighted by Crippen LogP contribution is 2.35. The van der Waals surface area contributed by atoms with Crippen LogP contribution in [0, 0.1) is 0 Å². The SMILES string of the molecule is COc1cc(C(N)=O)nc(-c2cccc(-c3cc([C@]4(O)CCN(C)C4=O)on3)c2)c1. The van der Waals surface area contributed by atoms with Crippen LogP contribution in [-0.2, 0) is 10.4 Å². The Bertz CT molecular complexity index is 1140. The summed E-state index contributed by atoms with van der Waals surface area (Å²) >= 11 is 0. The number of hydrogen-bond donors (Lipinski definition) is 2. The molecule has 1 aliphatic heterocycles. The summed E-state index contributed by atoms with van der Waals surface area (Å²) in [5.41, 5.74) is 6.10. The number of nitrogens with two attached hydrogens (primary N) is 1. The zero-order valence-corrected chi connectivity index (χ0v) is 16.5. The standard InChI is InChI=1S/C21H20N4O5/c1-25-7-6-21(28,20(25)27)18-11-16(24-30-18)13-5-3-4-12(8-13)15-9-14(29-2)10-17(23-15)19(22)26/h3-5,8-11,28H,6-7H2,1-2H3,(H2,22,26)/t21-/m1/s1. The molecular weight excluding hydrogens is 388 g/mol. The van der Waals surface area contributed by atoms with Crippen LogP contribution in [0.2, 0.25) is 0 Å². The van der Waals surface area contributed by atoms with Crippen LogP contribution < -0.4 is 10.5 Å². The van der Waals surface area contributed by atoms with E-state index in [1.165, 1.54) is 18.1 Å². The maximum atomic E-state index is 12.3. The van der Waals surface area contributed by atoms with Crippen molar-refractivity contribution in [3.05, 3.63) is 53.9 Å². The number of nitrogens with zero attached hydrogens (tertiary/aromatic N) is 3. The quantitative estimate of drug-likeness (QED) is 0.655. The normalized spacial score (nSPS) is 18.6. The number of likely N-dealkylation sites (N-methyl/N-ethyl adjacent to an activating group) is 1. The number of carbonyl (C=O) groups is 2. The minimum atomic E-state index is -1.71. The maximum Gasteiger partial charge on any atom is 0.267 e. The number of primary amides is 1. The maximum absolute atomic E-state index is 12.3. The van der Waals surface area contributed by atoms with Gasteiger partial charge in [0.05, 0.1) is 12.8 Å². The molecule has 4 rings (SSSR count). The number of aromatic nitrogens is 2. The molecule has 2 amide bonds. The first-order valence-corrected chi connectivity index (χ1v) is 9.23. The molecule has 2 aromatic heterocycles. The Balaban J connectivity index is 1.71. The van der Waals surface area contributed by atoms with E-state index in [0.717, 1.165) is 0 Å². The molecule has 3 aromatic rings. The highest BCUT2D eigenvalue weighted by molar-refractivity contribution is 5.92. The van der Waals surface area contributed by atoms with E-state index in [4.69, 9.17) is 15.0 Å². The lowest BCUT2D eigenvalue weighted by molar-refractivity contribution is -0.144. The summed E-state index contributed by atoms with van der Waals surface area (Å²) in [6.45, 7) is 0.435. The molecule has 9 nitrogen and oxygen atoms in total. The van der Waals surface area contributed by atoms with Crippen molar-refractivity contribution in [1.82, 2.24) is 15.0 Å². The van der Waals surface area contributed by atoms with Crippen LogP contribution in [-0.4, -0.2) is 52.7 Å². The molecule has 1 fully saturated rings. The Hall–Kier alpha value is -3.72. The first-order chi connectivity index (χ1) is 14.3. The lowest BCUT2D eigenvalue weighted by Gasteiger charge is -2.16. The molecule has 3 heterocycles. The summed E-state index contributed by atoms with van der Waals surface area (Å²) in [5.74, 6) is -0.521. The Kier molecular flexibility index (Phi) is 4.75. The molecule has 1 aromatic carbocycles. The molecule has 30 heavy (non-hydrogen) atoms. The van der Waals surface area contributed by atoms with Crippen molar-refractivity contribution < 1.29 is 24.0 Å². The highest BCUT2D eigenvalue weighted by Gasteiger charge is 2.48. The van der Waals surface area contributed by atoms with Gasteiger partial charge in [-0.2, -0.15) is 0 Å². The van der Waals surface area contributed by atoms with E-state index < -0.39 is 17.4 Å². The molecule has 0 aliphatic carbocycles. The predicted molar refractivity (Wildman–Crippen MR) is 106 cm³/mol. The van der Waals surface area contributed by atoms with Gasteiger partial charge in [-0.1, -0.05) is 23.4 Å². The summed E-state index contributed by atoms with van der Waals surface area (Å²) in [4.78, 5) is 29.6. The lowest BCUT2D eigenvalue weighted by Crippen LogP contribution is -2.35. The van der Waals surface area contributed by atoms with Gasteiger partial charge in [-0.25, -0.2) is 4.98 Å². The third kappa shape index (κ3) is 3.29. The van der Waals surface area contributed by atoms with Crippen LogP contribution in [0.15, 0.2) is 47.0 Å². The van der Waals surface area contributed by atoms with Gasteiger partial charge in [-0.3, -0.25) is 9.59 Å².